The zero-order chi connectivity index (χ0) is 11.5. The molecule has 0 aromatic carbocycles. The Morgan fingerprint density at radius 2 is 2.25 bits per heavy atom. The van der Waals surface area contributed by atoms with Crippen molar-refractivity contribution in [2.75, 3.05) is 13.2 Å². The summed E-state index contributed by atoms with van der Waals surface area (Å²) in [5.74, 6) is 0.591. The summed E-state index contributed by atoms with van der Waals surface area (Å²) < 4.78 is 7.49. The van der Waals surface area contributed by atoms with Gasteiger partial charge in [0.15, 0.2) is 0 Å². The molecule has 0 aliphatic carbocycles. The molecule has 0 spiro atoms. The summed E-state index contributed by atoms with van der Waals surface area (Å²) in [6.45, 7) is 6.76. The molecule has 1 atom stereocenters. The van der Waals surface area contributed by atoms with E-state index in [0.29, 0.717) is 5.92 Å². The summed E-state index contributed by atoms with van der Waals surface area (Å²) in [4.78, 5) is 0. The number of rotatable bonds is 3. The topological polar surface area (TPSA) is 53.1 Å². The van der Waals surface area contributed by atoms with Crippen molar-refractivity contribution in [3.63, 3.8) is 0 Å². The van der Waals surface area contributed by atoms with E-state index in [-0.39, 0.29) is 6.04 Å². The Hall–Kier alpha value is -0.870. The van der Waals surface area contributed by atoms with Crippen LogP contribution in [-0.2, 0) is 11.3 Å². The lowest BCUT2D eigenvalue weighted by atomic mass is 9.96. The van der Waals surface area contributed by atoms with E-state index in [1.807, 2.05) is 6.92 Å². The monoisotopic (exact) mass is 223 g/mol. The van der Waals surface area contributed by atoms with Crippen LogP contribution in [0.2, 0.25) is 0 Å². The Morgan fingerprint density at radius 3 is 2.81 bits per heavy atom. The Labute approximate surface area is 96.8 Å². The molecule has 1 fully saturated rings. The molecule has 4 nitrogen and oxygen atoms in total. The number of hydrogen-bond donors (Lipinski definition) is 1. The van der Waals surface area contributed by atoms with Crippen molar-refractivity contribution in [1.82, 2.24) is 9.78 Å². The van der Waals surface area contributed by atoms with Crippen molar-refractivity contribution in [2.45, 2.75) is 45.2 Å². The normalized spacial score (nSPS) is 19.9. The number of aromatic nitrogens is 2. The molecule has 1 aliphatic heterocycles. The second kappa shape index (κ2) is 4.97. The first-order chi connectivity index (χ1) is 7.72. The Kier molecular flexibility index (Phi) is 3.61. The average Bonchev–Trinajstić information content (AvgIpc) is 2.74. The standard InChI is InChI=1S/C12H21N3O/c1-3-15-12(8-11(14-15)9(2)13)10-4-6-16-7-5-10/h8-10H,3-7,13H2,1-2H3. The number of ether oxygens (including phenoxy) is 1. The third kappa shape index (κ3) is 2.28. The van der Waals surface area contributed by atoms with Crippen LogP contribution in [0.25, 0.3) is 0 Å². The highest BCUT2D eigenvalue weighted by Gasteiger charge is 2.21. The smallest absolute Gasteiger partial charge is 0.0791 e. The minimum Gasteiger partial charge on any atom is -0.381 e. The van der Waals surface area contributed by atoms with Crippen LogP contribution in [0.3, 0.4) is 0 Å². The van der Waals surface area contributed by atoms with Gasteiger partial charge in [0.25, 0.3) is 0 Å². The van der Waals surface area contributed by atoms with E-state index >= 15 is 0 Å². The van der Waals surface area contributed by atoms with Crippen molar-refractivity contribution in [3.8, 4) is 0 Å². The third-order valence-corrected chi connectivity index (χ3v) is 3.24. The van der Waals surface area contributed by atoms with Crippen LogP contribution in [-0.4, -0.2) is 23.0 Å². The van der Waals surface area contributed by atoms with E-state index in [1.54, 1.807) is 0 Å². The van der Waals surface area contributed by atoms with Gasteiger partial charge in [-0.25, -0.2) is 0 Å². The van der Waals surface area contributed by atoms with E-state index in [2.05, 4.69) is 22.8 Å². The third-order valence-electron chi connectivity index (χ3n) is 3.24. The quantitative estimate of drug-likeness (QED) is 0.850. The fourth-order valence-electron chi connectivity index (χ4n) is 2.25. The summed E-state index contributed by atoms with van der Waals surface area (Å²) >= 11 is 0. The summed E-state index contributed by atoms with van der Waals surface area (Å²) in [6.07, 6.45) is 2.20. The van der Waals surface area contributed by atoms with Crippen molar-refractivity contribution in [1.29, 1.82) is 0 Å². The van der Waals surface area contributed by atoms with Crippen LogP contribution >= 0.6 is 0 Å². The second-order valence-corrected chi connectivity index (χ2v) is 4.49. The molecule has 0 amide bonds. The summed E-state index contributed by atoms with van der Waals surface area (Å²) in [5, 5.41) is 4.55. The predicted octanol–water partition coefficient (Wildman–Crippen LogP) is 1.82. The molecule has 2 heterocycles. The number of nitrogens with two attached hydrogens (primary N) is 1. The lowest BCUT2D eigenvalue weighted by Crippen LogP contribution is -2.17. The van der Waals surface area contributed by atoms with Crippen LogP contribution in [0, 0.1) is 0 Å². The van der Waals surface area contributed by atoms with Gasteiger partial charge < -0.3 is 10.5 Å². The van der Waals surface area contributed by atoms with Gasteiger partial charge in [-0.1, -0.05) is 0 Å². The highest BCUT2D eigenvalue weighted by atomic mass is 16.5. The van der Waals surface area contributed by atoms with Crippen molar-refractivity contribution < 1.29 is 4.74 Å². The largest absolute Gasteiger partial charge is 0.381 e. The molecule has 0 saturated carbocycles. The molecule has 2 rings (SSSR count). The first-order valence-corrected chi connectivity index (χ1v) is 6.13. The average molecular weight is 223 g/mol. The SMILES string of the molecule is CCn1nc(C(C)N)cc1C1CCOCC1. The van der Waals surface area contributed by atoms with Gasteiger partial charge in [0.2, 0.25) is 0 Å². The maximum atomic E-state index is 5.88. The Bertz CT molecular complexity index is 340. The zero-order valence-corrected chi connectivity index (χ0v) is 10.1. The molecule has 1 unspecified atom stereocenters. The maximum Gasteiger partial charge on any atom is 0.0791 e. The molecular formula is C12H21N3O. The highest BCUT2D eigenvalue weighted by molar-refractivity contribution is 5.17. The molecular weight excluding hydrogens is 202 g/mol. The minimum atomic E-state index is 0.0198. The highest BCUT2D eigenvalue weighted by Crippen LogP contribution is 2.28. The van der Waals surface area contributed by atoms with Gasteiger partial charge in [-0.05, 0) is 32.8 Å². The van der Waals surface area contributed by atoms with E-state index < -0.39 is 0 Å². The molecule has 1 aliphatic rings. The van der Waals surface area contributed by atoms with Crippen molar-refractivity contribution in [2.24, 2.45) is 5.73 Å². The van der Waals surface area contributed by atoms with E-state index in [1.165, 1.54) is 5.69 Å². The van der Waals surface area contributed by atoms with Crippen LogP contribution < -0.4 is 5.73 Å². The van der Waals surface area contributed by atoms with Gasteiger partial charge in [0.1, 0.15) is 0 Å². The van der Waals surface area contributed by atoms with Gasteiger partial charge in [-0.3, -0.25) is 4.68 Å². The molecule has 4 heteroatoms. The van der Waals surface area contributed by atoms with Gasteiger partial charge in [-0.15, -0.1) is 0 Å². The van der Waals surface area contributed by atoms with E-state index in [0.717, 1.165) is 38.3 Å². The lowest BCUT2D eigenvalue weighted by molar-refractivity contribution is 0.0835. The lowest BCUT2D eigenvalue weighted by Gasteiger charge is -2.22. The minimum absolute atomic E-state index is 0.0198. The van der Waals surface area contributed by atoms with E-state index in [4.69, 9.17) is 10.5 Å². The Balaban J connectivity index is 2.23. The molecule has 1 aromatic heterocycles. The first-order valence-electron chi connectivity index (χ1n) is 6.13. The fourth-order valence-corrected chi connectivity index (χ4v) is 2.25. The first kappa shape index (κ1) is 11.6. The van der Waals surface area contributed by atoms with Crippen LogP contribution in [0.5, 0.6) is 0 Å². The zero-order valence-electron chi connectivity index (χ0n) is 10.1. The summed E-state index contributed by atoms with van der Waals surface area (Å²) in [7, 11) is 0. The number of aryl methyl sites for hydroxylation is 1. The van der Waals surface area contributed by atoms with Gasteiger partial charge >= 0.3 is 0 Å². The van der Waals surface area contributed by atoms with Crippen molar-refractivity contribution >= 4 is 0 Å². The second-order valence-electron chi connectivity index (χ2n) is 4.49. The molecule has 1 saturated heterocycles. The molecule has 0 bridgehead atoms. The predicted molar refractivity (Wildman–Crippen MR) is 63.3 cm³/mol. The molecule has 16 heavy (non-hydrogen) atoms. The maximum absolute atomic E-state index is 5.88. The van der Waals surface area contributed by atoms with Gasteiger partial charge in [0.05, 0.1) is 5.69 Å². The molecule has 2 N–H and O–H groups in total. The van der Waals surface area contributed by atoms with Crippen LogP contribution in [0.15, 0.2) is 6.07 Å². The molecule has 1 aromatic rings. The molecule has 0 radical (unpaired) electrons. The number of hydrogen-bond acceptors (Lipinski definition) is 3. The summed E-state index contributed by atoms with van der Waals surface area (Å²) in [6, 6.07) is 2.19. The Morgan fingerprint density at radius 1 is 1.56 bits per heavy atom. The van der Waals surface area contributed by atoms with Crippen molar-refractivity contribution in [3.05, 3.63) is 17.5 Å². The number of nitrogens with zero attached hydrogens (tertiary/aromatic N) is 2. The van der Waals surface area contributed by atoms with E-state index in [9.17, 15) is 0 Å². The van der Waals surface area contributed by atoms with Crippen LogP contribution in [0.4, 0.5) is 0 Å². The molecule has 90 valence electrons. The fraction of sp³-hybridized carbons (Fsp3) is 0.750. The van der Waals surface area contributed by atoms with Gasteiger partial charge in [-0.2, -0.15) is 5.10 Å². The van der Waals surface area contributed by atoms with Crippen LogP contribution in [0.1, 0.15) is 50.0 Å². The van der Waals surface area contributed by atoms with Gasteiger partial charge in [0, 0.05) is 37.4 Å². The summed E-state index contributed by atoms with van der Waals surface area (Å²) in [5.41, 5.74) is 8.21.